The molecule has 0 aliphatic heterocycles. The van der Waals surface area contributed by atoms with Crippen LogP contribution in [0.15, 0.2) is 18.2 Å². The average Bonchev–Trinajstić information content (AvgIpc) is 2.49. The highest BCUT2D eigenvalue weighted by molar-refractivity contribution is 5.81. The van der Waals surface area contributed by atoms with Crippen LogP contribution in [0.2, 0.25) is 0 Å². The van der Waals surface area contributed by atoms with E-state index in [-0.39, 0.29) is 11.9 Å². The summed E-state index contributed by atoms with van der Waals surface area (Å²) in [6.07, 6.45) is 0. The molecule has 1 rings (SSSR count). The summed E-state index contributed by atoms with van der Waals surface area (Å²) in [7, 11) is 1.59. The van der Waals surface area contributed by atoms with Crippen molar-refractivity contribution in [2.24, 2.45) is 5.92 Å². The molecule has 0 aliphatic carbocycles. The molecule has 5 heteroatoms. The average molecular weight is 289 g/mol. The van der Waals surface area contributed by atoms with Gasteiger partial charge in [0.2, 0.25) is 5.91 Å². The number of nitrogens with one attached hydrogen (secondary N) is 2. The highest BCUT2D eigenvalue weighted by Crippen LogP contribution is 2.19. The van der Waals surface area contributed by atoms with Crippen molar-refractivity contribution in [2.75, 3.05) is 13.7 Å². The van der Waals surface area contributed by atoms with Crippen molar-refractivity contribution < 1.29 is 9.53 Å². The first-order valence-corrected chi connectivity index (χ1v) is 7.06. The molecule has 21 heavy (non-hydrogen) atoms. The largest absolute Gasteiger partial charge is 0.496 e. The molecule has 5 nitrogen and oxygen atoms in total. The van der Waals surface area contributed by atoms with Crippen LogP contribution in [0, 0.1) is 17.2 Å². The molecule has 114 valence electrons. The van der Waals surface area contributed by atoms with E-state index in [1.165, 1.54) is 0 Å². The van der Waals surface area contributed by atoms with E-state index in [1.54, 1.807) is 25.3 Å². The van der Waals surface area contributed by atoms with E-state index < -0.39 is 0 Å². The SMILES string of the molecule is COc1ccc(C#N)cc1CNC(C)C(=O)NCC(C)C. The van der Waals surface area contributed by atoms with Gasteiger partial charge in [-0.15, -0.1) is 0 Å². The quantitative estimate of drug-likeness (QED) is 0.803. The maximum Gasteiger partial charge on any atom is 0.236 e. The Kier molecular flexibility index (Phi) is 6.70. The number of nitrogens with zero attached hydrogens (tertiary/aromatic N) is 1. The first-order valence-electron chi connectivity index (χ1n) is 7.06. The van der Waals surface area contributed by atoms with Crippen molar-refractivity contribution in [1.82, 2.24) is 10.6 Å². The Morgan fingerprint density at radius 1 is 1.38 bits per heavy atom. The fourth-order valence-corrected chi connectivity index (χ4v) is 1.80. The number of amides is 1. The Bertz CT molecular complexity index is 521. The van der Waals surface area contributed by atoms with Crippen LogP contribution < -0.4 is 15.4 Å². The van der Waals surface area contributed by atoms with Gasteiger partial charge < -0.3 is 15.4 Å². The third kappa shape index (κ3) is 5.44. The van der Waals surface area contributed by atoms with Gasteiger partial charge in [0, 0.05) is 18.7 Å². The standard InChI is InChI=1S/C16H23N3O2/c1-11(2)9-19-16(20)12(3)18-10-14-7-13(8-17)5-6-15(14)21-4/h5-7,11-12,18H,9-10H2,1-4H3,(H,19,20). The molecule has 0 saturated heterocycles. The predicted molar refractivity (Wildman–Crippen MR) is 81.9 cm³/mol. The van der Waals surface area contributed by atoms with E-state index in [0.717, 1.165) is 5.56 Å². The minimum atomic E-state index is -0.306. The molecule has 1 aromatic rings. The highest BCUT2D eigenvalue weighted by Gasteiger charge is 2.13. The third-order valence-corrected chi connectivity index (χ3v) is 3.09. The Morgan fingerprint density at radius 2 is 2.10 bits per heavy atom. The molecule has 2 N–H and O–H groups in total. The second-order valence-corrected chi connectivity index (χ2v) is 5.38. The molecule has 1 aromatic carbocycles. The van der Waals surface area contributed by atoms with Gasteiger partial charge >= 0.3 is 0 Å². The minimum Gasteiger partial charge on any atom is -0.496 e. The number of ether oxygens (including phenoxy) is 1. The van der Waals surface area contributed by atoms with Gasteiger partial charge in [-0.2, -0.15) is 5.26 Å². The fraction of sp³-hybridized carbons (Fsp3) is 0.500. The smallest absolute Gasteiger partial charge is 0.236 e. The molecular weight excluding hydrogens is 266 g/mol. The van der Waals surface area contributed by atoms with Crippen molar-refractivity contribution in [2.45, 2.75) is 33.4 Å². The Balaban J connectivity index is 2.62. The molecule has 0 heterocycles. The Morgan fingerprint density at radius 3 is 2.67 bits per heavy atom. The lowest BCUT2D eigenvalue weighted by molar-refractivity contribution is -0.122. The summed E-state index contributed by atoms with van der Waals surface area (Å²) >= 11 is 0. The van der Waals surface area contributed by atoms with Gasteiger partial charge in [0.1, 0.15) is 5.75 Å². The first-order chi connectivity index (χ1) is 9.97. The van der Waals surface area contributed by atoms with Gasteiger partial charge in [-0.05, 0) is 31.0 Å². The number of methoxy groups -OCH3 is 1. The number of carbonyl (C=O) groups is 1. The maximum absolute atomic E-state index is 11.9. The van der Waals surface area contributed by atoms with E-state index >= 15 is 0 Å². The molecule has 0 aromatic heterocycles. The molecule has 0 saturated carbocycles. The highest BCUT2D eigenvalue weighted by atomic mass is 16.5. The van der Waals surface area contributed by atoms with Crippen LogP contribution >= 0.6 is 0 Å². The van der Waals surface area contributed by atoms with Gasteiger partial charge in [0.05, 0.1) is 24.8 Å². The summed E-state index contributed by atoms with van der Waals surface area (Å²) in [4.78, 5) is 11.9. The Hall–Kier alpha value is -2.06. The van der Waals surface area contributed by atoms with Crippen LogP contribution in [0.3, 0.4) is 0 Å². The minimum absolute atomic E-state index is 0.0286. The predicted octanol–water partition coefficient (Wildman–Crippen LogP) is 1.82. The van der Waals surface area contributed by atoms with E-state index in [9.17, 15) is 4.79 Å². The van der Waals surface area contributed by atoms with Gasteiger partial charge in [0.15, 0.2) is 0 Å². The number of nitriles is 1. The van der Waals surface area contributed by atoms with E-state index in [4.69, 9.17) is 10.00 Å². The summed E-state index contributed by atoms with van der Waals surface area (Å²) in [5, 5.41) is 15.0. The second kappa shape index (κ2) is 8.28. The number of hydrogen-bond acceptors (Lipinski definition) is 4. The molecule has 1 unspecified atom stereocenters. The van der Waals surface area contributed by atoms with Crippen LogP contribution in [-0.2, 0) is 11.3 Å². The van der Waals surface area contributed by atoms with E-state index in [0.29, 0.717) is 30.3 Å². The van der Waals surface area contributed by atoms with Crippen molar-refractivity contribution in [3.05, 3.63) is 29.3 Å². The van der Waals surface area contributed by atoms with Crippen LogP contribution in [0.25, 0.3) is 0 Å². The van der Waals surface area contributed by atoms with Crippen molar-refractivity contribution in [1.29, 1.82) is 5.26 Å². The number of benzene rings is 1. The number of rotatable bonds is 7. The summed E-state index contributed by atoms with van der Waals surface area (Å²) in [6, 6.07) is 7.03. The van der Waals surface area contributed by atoms with Crippen molar-refractivity contribution >= 4 is 5.91 Å². The number of hydrogen-bond donors (Lipinski definition) is 2. The summed E-state index contributed by atoms with van der Waals surface area (Å²) < 4.78 is 5.27. The number of carbonyl (C=O) groups excluding carboxylic acids is 1. The third-order valence-electron chi connectivity index (χ3n) is 3.09. The molecule has 1 amide bonds. The Labute approximate surface area is 126 Å². The van der Waals surface area contributed by atoms with Gasteiger partial charge in [-0.1, -0.05) is 13.8 Å². The molecule has 0 fully saturated rings. The molecule has 0 bridgehead atoms. The van der Waals surface area contributed by atoms with Gasteiger partial charge in [-0.25, -0.2) is 0 Å². The summed E-state index contributed by atoms with van der Waals surface area (Å²) in [6.45, 7) is 7.05. The lowest BCUT2D eigenvalue weighted by Gasteiger charge is -2.16. The topological polar surface area (TPSA) is 74.1 Å². The van der Waals surface area contributed by atoms with Crippen molar-refractivity contribution in [3.63, 3.8) is 0 Å². The van der Waals surface area contributed by atoms with E-state index in [2.05, 4.69) is 30.6 Å². The molecule has 1 atom stereocenters. The van der Waals surface area contributed by atoms with Gasteiger partial charge in [-0.3, -0.25) is 4.79 Å². The maximum atomic E-state index is 11.9. The van der Waals surface area contributed by atoms with Gasteiger partial charge in [0.25, 0.3) is 0 Å². The zero-order valence-electron chi connectivity index (χ0n) is 13.1. The lowest BCUT2D eigenvalue weighted by Crippen LogP contribution is -2.43. The summed E-state index contributed by atoms with van der Waals surface area (Å²) in [5.74, 6) is 1.10. The molecule has 0 spiro atoms. The van der Waals surface area contributed by atoms with Crippen molar-refractivity contribution in [3.8, 4) is 11.8 Å². The zero-order chi connectivity index (χ0) is 15.8. The summed E-state index contributed by atoms with van der Waals surface area (Å²) in [5.41, 5.74) is 1.43. The zero-order valence-corrected chi connectivity index (χ0v) is 13.1. The molecular formula is C16H23N3O2. The normalized spacial score (nSPS) is 11.8. The van der Waals surface area contributed by atoms with Crippen LogP contribution in [0.5, 0.6) is 5.75 Å². The molecule has 0 radical (unpaired) electrons. The van der Waals surface area contributed by atoms with Crippen LogP contribution in [-0.4, -0.2) is 25.6 Å². The first kappa shape index (κ1) is 17.0. The fourth-order valence-electron chi connectivity index (χ4n) is 1.80. The van der Waals surface area contributed by atoms with Crippen LogP contribution in [0.4, 0.5) is 0 Å². The monoisotopic (exact) mass is 289 g/mol. The van der Waals surface area contributed by atoms with E-state index in [1.807, 2.05) is 6.92 Å². The van der Waals surface area contributed by atoms with Crippen LogP contribution in [0.1, 0.15) is 31.9 Å². The molecule has 0 aliphatic rings. The lowest BCUT2D eigenvalue weighted by atomic mass is 10.1. The second-order valence-electron chi connectivity index (χ2n) is 5.38.